The quantitative estimate of drug-likeness (QED) is 0.804. The molecule has 0 fully saturated rings. The smallest absolute Gasteiger partial charge is 0.227 e. The summed E-state index contributed by atoms with van der Waals surface area (Å²) in [5.41, 5.74) is 6.08. The molecular formula is C13H19ClN2O3. The Labute approximate surface area is 118 Å². The number of rotatable bonds is 7. The lowest BCUT2D eigenvalue weighted by atomic mass is 10.2. The zero-order valence-electron chi connectivity index (χ0n) is 11.1. The standard InChI is InChI=1S/C13H19ClN2O3/c1-3-19-12-5-4-9(6-11(12)14)16-13(17)7-10(8-15)18-2/h4-6,10H,3,7-8,15H2,1-2H3,(H,16,17). The third-order valence-corrected chi connectivity index (χ3v) is 2.82. The first-order valence-corrected chi connectivity index (χ1v) is 6.43. The summed E-state index contributed by atoms with van der Waals surface area (Å²) in [6.07, 6.45) is -0.0733. The van der Waals surface area contributed by atoms with E-state index < -0.39 is 0 Å². The lowest BCUT2D eigenvalue weighted by Gasteiger charge is -2.13. The molecule has 1 aromatic rings. The van der Waals surface area contributed by atoms with Gasteiger partial charge in [-0.15, -0.1) is 0 Å². The maximum absolute atomic E-state index is 11.7. The van der Waals surface area contributed by atoms with Gasteiger partial charge in [-0.3, -0.25) is 4.79 Å². The minimum atomic E-state index is -0.279. The summed E-state index contributed by atoms with van der Waals surface area (Å²) in [5, 5.41) is 3.20. The summed E-state index contributed by atoms with van der Waals surface area (Å²) in [7, 11) is 1.53. The zero-order chi connectivity index (χ0) is 14.3. The second kappa shape index (κ2) is 7.99. The van der Waals surface area contributed by atoms with Gasteiger partial charge in [0.05, 0.1) is 24.2 Å². The molecule has 6 heteroatoms. The molecule has 0 bridgehead atoms. The van der Waals surface area contributed by atoms with Crippen LogP contribution in [-0.2, 0) is 9.53 Å². The number of amides is 1. The Bertz CT molecular complexity index is 422. The van der Waals surface area contributed by atoms with E-state index >= 15 is 0 Å². The monoisotopic (exact) mass is 286 g/mol. The molecule has 0 radical (unpaired) electrons. The average Bonchev–Trinajstić information content (AvgIpc) is 2.39. The number of carbonyl (C=O) groups excluding carboxylic acids is 1. The van der Waals surface area contributed by atoms with Crippen molar-refractivity contribution in [2.75, 3.05) is 25.6 Å². The molecule has 0 saturated carbocycles. The van der Waals surface area contributed by atoms with Gasteiger partial charge in [-0.2, -0.15) is 0 Å². The van der Waals surface area contributed by atoms with E-state index in [9.17, 15) is 4.79 Å². The minimum Gasteiger partial charge on any atom is -0.492 e. The number of halogens is 1. The third-order valence-electron chi connectivity index (χ3n) is 2.52. The summed E-state index contributed by atoms with van der Waals surface area (Å²) in [6, 6.07) is 5.10. The van der Waals surface area contributed by atoms with Crippen LogP contribution in [0.15, 0.2) is 18.2 Å². The number of hydrogen-bond donors (Lipinski definition) is 2. The third kappa shape index (κ3) is 5.06. The van der Waals surface area contributed by atoms with Gasteiger partial charge in [-0.05, 0) is 25.1 Å². The summed E-state index contributed by atoms with van der Waals surface area (Å²) in [6.45, 7) is 2.72. The number of anilines is 1. The van der Waals surface area contributed by atoms with Crippen LogP contribution in [0.25, 0.3) is 0 Å². The van der Waals surface area contributed by atoms with E-state index in [1.165, 1.54) is 7.11 Å². The Morgan fingerprint density at radius 3 is 2.79 bits per heavy atom. The first-order chi connectivity index (χ1) is 9.10. The molecule has 3 N–H and O–H groups in total. The second-order valence-corrected chi connectivity index (χ2v) is 4.33. The molecule has 0 saturated heterocycles. The summed E-state index contributed by atoms with van der Waals surface area (Å²) < 4.78 is 10.4. The van der Waals surface area contributed by atoms with Crippen LogP contribution in [0.2, 0.25) is 5.02 Å². The van der Waals surface area contributed by atoms with E-state index in [1.54, 1.807) is 18.2 Å². The van der Waals surface area contributed by atoms with E-state index in [1.807, 2.05) is 6.92 Å². The highest BCUT2D eigenvalue weighted by atomic mass is 35.5. The molecule has 0 aliphatic carbocycles. The van der Waals surface area contributed by atoms with Crippen molar-refractivity contribution in [3.8, 4) is 5.75 Å². The fourth-order valence-electron chi connectivity index (χ4n) is 1.53. The molecule has 1 amide bonds. The fourth-order valence-corrected chi connectivity index (χ4v) is 1.77. The van der Waals surface area contributed by atoms with Crippen LogP contribution in [0.3, 0.4) is 0 Å². The van der Waals surface area contributed by atoms with Gasteiger partial charge in [-0.1, -0.05) is 11.6 Å². The highest BCUT2D eigenvalue weighted by Gasteiger charge is 2.12. The first-order valence-electron chi connectivity index (χ1n) is 6.05. The highest BCUT2D eigenvalue weighted by Crippen LogP contribution is 2.27. The molecule has 0 aliphatic rings. The number of nitrogens with two attached hydrogens (primary N) is 1. The van der Waals surface area contributed by atoms with Crippen LogP contribution in [0.4, 0.5) is 5.69 Å². The normalized spacial score (nSPS) is 12.0. The molecule has 0 aromatic heterocycles. The number of benzene rings is 1. The van der Waals surface area contributed by atoms with E-state index in [4.69, 9.17) is 26.8 Å². The Kier molecular flexibility index (Phi) is 6.62. The number of hydrogen-bond acceptors (Lipinski definition) is 4. The number of ether oxygens (including phenoxy) is 2. The van der Waals surface area contributed by atoms with Crippen LogP contribution in [0.1, 0.15) is 13.3 Å². The highest BCUT2D eigenvalue weighted by molar-refractivity contribution is 6.32. The first kappa shape index (κ1) is 15.8. The average molecular weight is 287 g/mol. The lowest BCUT2D eigenvalue weighted by Crippen LogP contribution is -2.28. The molecule has 0 heterocycles. The summed E-state index contributed by atoms with van der Waals surface area (Å²) in [5.74, 6) is 0.427. The maximum Gasteiger partial charge on any atom is 0.227 e. The van der Waals surface area contributed by atoms with E-state index in [-0.39, 0.29) is 18.4 Å². The van der Waals surface area contributed by atoms with Gasteiger partial charge in [0.25, 0.3) is 0 Å². The molecule has 0 aliphatic heterocycles. The SMILES string of the molecule is CCOc1ccc(NC(=O)CC(CN)OC)cc1Cl. The van der Waals surface area contributed by atoms with Crippen molar-refractivity contribution in [3.63, 3.8) is 0 Å². The van der Waals surface area contributed by atoms with Crippen LogP contribution in [-0.4, -0.2) is 32.3 Å². The largest absolute Gasteiger partial charge is 0.492 e. The van der Waals surface area contributed by atoms with Crippen LogP contribution < -0.4 is 15.8 Å². The predicted octanol–water partition coefficient (Wildman–Crippen LogP) is 2.04. The summed E-state index contributed by atoms with van der Waals surface area (Å²) >= 11 is 6.03. The van der Waals surface area contributed by atoms with Crippen LogP contribution in [0.5, 0.6) is 5.75 Å². The van der Waals surface area contributed by atoms with Crippen molar-refractivity contribution in [2.24, 2.45) is 5.73 Å². The Morgan fingerprint density at radius 2 is 2.26 bits per heavy atom. The van der Waals surface area contributed by atoms with Gasteiger partial charge in [0.1, 0.15) is 5.75 Å². The second-order valence-electron chi connectivity index (χ2n) is 3.92. The molecule has 19 heavy (non-hydrogen) atoms. The van der Waals surface area contributed by atoms with E-state index in [0.717, 1.165) is 0 Å². The molecule has 1 rings (SSSR count). The van der Waals surface area contributed by atoms with E-state index in [2.05, 4.69) is 5.32 Å². The van der Waals surface area contributed by atoms with Gasteiger partial charge >= 0.3 is 0 Å². The van der Waals surface area contributed by atoms with Gasteiger partial charge < -0.3 is 20.5 Å². The fraction of sp³-hybridized carbons (Fsp3) is 0.462. The van der Waals surface area contributed by atoms with Crippen molar-refractivity contribution >= 4 is 23.2 Å². The van der Waals surface area contributed by atoms with Crippen molar-refractivity contribution in [2.45, 2.75) is 19.4 Å². The molecule has 1 atom stereocenters. The number of methoxy groups -OCH3 is 1. The molecule has 1 unspecified atom stereocenters. The molecular weight excluding hydrogens is 268 g/mol. The van der Waals surface area contributed by atoms with Crippen molar-refractivity contribution in [1.82, 2.24) is 0 Å². The van der Waals surface area contributed by atoms with Gasteiger partial charge in [0.15, 0.2) is 0 Å². The number of carbonyl (C=O) groups is 1. The van der Waals surface area contributed by atoms with Crippen LogP contribution in [0, 0.1) is 0 Å². The Balaban J connectivity index is 2.62. The minimum absolute atomic E-state index is 0.169. The Morgan fingerprint density at radius 1 is 1.53 bits per heavy atom. The predicted molar refractivity (Wildman–Crippen MR) is 75.7 cm³/mol. The number of nitrogens with one attached hydrogen (secondary N) is 1. The molecule has 0 spiro atoms. The van der Waals surface area contributed by atoms with Crippen molar-refractivity contribution in [1.29, 1.82) is 0 Å². The topological polar surface area (TPSA) is 73.6 Å². The lowest BCUT2D eigenvalue weighted by molar-refractivity contribution is -0.118. The van der Waals surface area contributed by atoms with Gasteiger partial charge in [-0.25, -0.2) is 0 Å². The van der Waals surface area contributed by atoms with Crippen LogP contribution >= 0.6 is 11.6 Å². The van der Waals surface area contributed by atoms with Crippen molar-refractivity contribution in [3.05, 3.63) is 23.2 Å². The Hall–Kier alpha value is -1.30. The van der Waals surface area contributed by atoms with Gasteiger partial charge in [0.2, 0.25) is 5.91 Å². The van der Waals surface area contributed by atoms with Crippen molar-refractivity contribution < 1.29 is 14.3 Å². The maximum atomic E-state index is 11.7. The molecule has 1 aromatic carbocycles. The molecule has 5 nitrogen and oxygen atoms in total. The van der Waals surface area contributed by atoms with E-state index in [0.29, 0.717) is 29.6 Å². The zero-order valence-corrected chi connectivity index (χ0v) is 11.9. The molecule has 106 valence electrons. The summed E-state index contributed by atoms with van der Waals surface area (Å²) in [4.78, 5) is 11.7. The van der Waals surface area contributed by atoms with Gasteiger partial charge in [0, 0.05) is 19.3 Å².